The van der Waals surface area contributed by atoms with Gasteiger partial charge in [-0.25, -0.2) is 4.79 Å². The second-order valence-corrected chi connectivity index (χ2v) is 4.99. The lowest BCUT2D eigenvalue weighted by molar-refractivity contribution is -0.126. The van der Waals surface area contributed by atoms with E-state index in [1.807, 2.05) is 12.1 Å². The zero-order valence-corrected chi connectivity index (χ0v) is 12.4. The van der Waals surface area contributed by atoms with Gasteiger partial charge in [0.25, 0.3) is 0 Å². The number of methoxy groups -OCH3 is 1. The molecule has 0 aromatic heterocycles. The number of esters is 1. The molecule has 1 aliphatic heterocycles. The Hall–Kier alpha value is -1.92. The molecule has 6 heteroatoms. The molecule has 0 saturated carbocycles. The van der Waals surface area contributed by atoms with Crippen LogP contribution >= 0.6 is 0 Å². The van der Waals surface area contributed by atoms with Crippen LogP contribution < -0.4 is 10.6 Å². The van der Waals surface area contributed by atoms with Gasteiger partial charge in [0, 0.05) is 33.2 Å². The van der Waals surface area contributed by atoms with Gasteiger partial charge in [-0.1, -0.05) is 12.1 Å². The molecule has 0 bridgehead atoms. The van der Waals surface area contributed by atoms with Crippen molar-refractivity contribution < 1.29 is 14.3 Å². The molecular formula is C15H21N3O3. The van der Waals surface area contributed by atoms with E-state index in [1.165, 1.54) is 7.11 Å². The highest BCUT2D eigenvalue weighted by Crippen LogP contribution is 2.12. The van der Waals surface area contributed by atoms with Gasteiger partial charge in [-0.3, -0.25) is 9.69 Å². The molecule has 2 rings (SSSR count). The van der Waals surface area contributed by atoms with Crippen LogP contribution in [0.1, 0.15) is 15.9 Å². The van der Waals surface area contributed by atoms with Gasteiger partial charge in [-0.15, -0.1) is 0 Å². The van der Waals surface area contributed by atoms with Crippen LogP contribution in [0.3, 0.4) is 0 Å². The van der Waals surface area contributed by atoms with E-state index in [2.05, 4.69) is 20.3 Å². The fourth-order valence-corrected chi connectivity index (χ4v) is 2.46. The summed E-state index contributed by atoms with van der Waals surface area (Å²) in [5, 5.41) is 5.93. The van der Waals surface area contributed by atoms with Gasteiger partial charge in [0.2, 0.25) is 5.91 Å². The first kappa shape index (κ1) is 15.5. The molecular weight excluding hydrogens is 270 g/mol. The number of hydrogen-bond acceptors (Lipinski definition) is 5. The lowest BCUT2D eigenvalue weighted by atomic mass is 10.1. The molecule has 1 fully saturated rings. The zero-order valence-electron chi connectivity index (χ0n) is 12.4. The SMILES string of the molecule is CNC(=O)C1CNCCN1Cc1ccc(C(=O)OC)cc1. The van der Waals surface area contributed by atoms with Gasteiger partial charge in [0.05, 0.1) is 12.7 Å². The van der Waals surface area contributed by atoms with Gasteiger partial charge in [-0.05, 0) is 17.7 Å². The summed E-state index contributed by atoms with van der Waals surface area (Å²) in [6, 6.07) is 7.13. The Morgan fingerprint density at radius 1 is 1.38 bits per heavy atom. The molecule has 1 aromatic rings. The average Bonchev–Trinajstić information content (AvgIpc) is 2.54. The molecule has 1 amide bonds. The topological polar surface area (TPSA) is 70.7 Å². The number of amides is 1. The maximum atomic E-state index is 11.9. The number of benzene rings is 1. The molecule has 1 atom stereocenters. The third-order valence-corrected chi connectivity index (χ3v) is 3.66. The summed E-state index contributed by atoms with van der Waals surface area (Å²) in [5.74, 6) is -0.319. The monoisotopic (exact) mass is 291 g/mol. The van der Waals surface area contributed by atoms with Crippen molar-refractivity contribution in [3.63, 3.8) is 0 Å². The minimum atomic E-state index is -0.341. The highest BCUT2D eigenvalue weighted by atomic mass is 16.5. The van der Waals surface area contributed by atoms with Gasteiger partial charge >= 0.3 is 5.97 Å². The van der Waals surface area contributed by atoms with Crippen LogP contribution in [0.5, 0.6) is 0 Å². The van der Waals surface area contributed by atoms with E-state index < -0.39 is 0 Å². The van der Waals surface area contributed by atoms with Crippen molar-refractivity contribution in [3.8, 4) is 0 Å². The maximum Gasteiger partial charge on any atom is 0.337 e. The summed E-state index contributed by atoms with van der Waals surface area (Å²) in [7, 11) is 3.02. The van der Waals surface area contributed by atoms with Gasteiger partial charge in [0.1, 0.15) is 6.04 Å². The minimum absolute atomic E-state index is 0.0216. The Bertz CT molecular complexity index is 501. The molecule has 114 valence electrons. The highest BCUT2D eigenvalue weighted by molar-refractivity contribution is 5.89. The molecule has 1 heterocycles. The number of carbonyl (C=O) groups is 2. The van der Waals surface area contributed by atoms with Crippen LogP contribution in [-0.4, -0.2) is 56.6 Å². The van der Waals surface area contributed by atoms with Gasteiger partial charge < -0.3 is 15.4 Å². The van der Waals surface area contributed by atoms with Crippen molar-refractivity contribution in [1.29, 1.82) is 0 Å². The van der Waals surface area contributed by atoms with Crippen molar-refractivity contribution >= 4 is 11.9 Å². The molecule has 1 unspecified atom stereocenters. The zero-order chi connectivity index (χ0) is 15.2. The van der Waals surface area contributed by atoms with Crippen molar-refractivity contribution in [2.75, 3.05) is 33.8 Å². The summed E-state index contributed by atoms with van der Waals surface area (Å²) in [5.41, 5.74) is 1.60. The Balaban J connectivity index is 2.05. The van der Waals surface area contributed by atoms with Gasteiger partial charge in [-0.2, -0.15) is 0 Å². The van der Waals surface area contributed by atoms with E-state index in [0.717, 1.165) is 18.7 Å². The molecule has 0 aliphatic carbocycles. The Kier molecular flexibility index (Phi) is 5.30. The second-order valence-electron chi connectivity index (χ2n) is 4.99. The molecule has 0 spiro atoms. The fourth-order valence-electron chi connectivity index (χ4n) is 2.46. The van der Waals surface area contributed by atoms with E-state index in [9.17, 15) is 9.59 Å². The molecule has 1 aliphatic rings. The summed E-state index contributed by atoms with van der Waals surface area (Å²) in [6.07, 6.45) is 0. The maximum absolute atomic E-state index is 11.9. The second kappa shape index (κ2) is 7.19. The summed E-state index contributed by atoms with van der Waals surface area (Å²) >= 11 is 0. The summed E-state index contributed by atoms with van der Waals surface area (Å²) in [4.78, 5) is 25.4. The standard InChI is InChI=1S/C15H21N3O3/c1-16-14(19)13-9-17-7-8-18(13)10-11-3-5-12(6-4-11)15(20)21-2/h3-6,13,17H,7-10H2,1-2H3,(H,16,19). The number of likely N-dealkylation sites (N-methyl/N-ethyl adjacent to an activating group) is 1. The van der Waals surface area contributed by atoms with Crippen LogP contribution in [0.4, 0.5) is 0 Å². The van der Waals surface area contributed by atoms with Crippen LogP contribution in [-0.2, 0) is 16.1 Å². The smallest absolute Gasteiger partial charge is 0.337 e. The van der Waals surface area contributed by atoms with Crippen molar-refractivity contribution in [2.24, 2.45) is 0 Å². The van der Waals surface area contributed by atoms with Gasteiger partial charge in [0.15, 0.2) is 0 Å². The quantitative estimate of drug-likeness (QED) is 0.764. The number of nitrogens with one attached hydrogen (secondary N) is 2. The van der Waals surface area contributed by atoms with Crippen LogP contribution in [0, 0.1) is 0 Å². The number of piperazine rings is 1. The van der Waals surface area contributed by atoms with Crippen LogP contribution in [0.25, 0.3) is 0 Å². The normalized spacial score (nSPS) is 19.0. The first-order valence-electron chi connectivity index (χ1n) is 6.99. The van der Waals surface area contributed by atoms with Crippen LogP contribution in [0.15, 0.2) is 24.3 Å². The third-order valence-electron chi connectivity index (χ3n) is 3.66. The number of carbonyl (C=O) groups excluding carboxylic acids is 2. The summed E-state index contributed by atoms with van der Waals surface area (Å²) < 4.78 is 4.68. The first-order chi connectivity index (χ1) is 10.2. The molecule has 21 heavy (non-hydrogen) atoms. The predicted molar refractivity (Wildman–Crippen MR) is 78.9 cm³/mol. The molecule has 2 N–H and O–H groups in total. The molecule has 1 saturated heterocycles. The highest BCUT2D eigenvalue weighted by Gasteiger charge is 2.27. The number of hydrogen-bond donors (Lipinski definition) is 2. The largest absolute Gasteiger partial charge is 0.465 e. The first-order valence-corrected chi connectivity index (χ1v) is 6.99. The average molecular weight is 291 g/mol. The lowest BCUT2D eigenvalue weighted by Gasteiger charge is -2.34. The number of nitrogens with zero attached hydrogens (tertiary/aromatic N) is 1. The van der Waals surface area contributed by atoms with E-state index in [0.29, 0.717) is 18.7 Å². The van der Waals surface area contributed by atoms with Crippen molar-refractivity contribution in [2.45, 2.75) is 12.6 Å². The van der Waals surface area contributed by atoms with E-state index in [1.54, 1.807) is 19.2 Å². The Morgan fingerprint density at radius 3 is 2.71 bits per heavy atom. The Morgan fingerprint density at radius 2 is 2.10 bits per heavy atom. The van der Waals surface area contributed by atoms with Crippen LogP contribution in [0.2, 0.25) is 0 Å². The Labute approximate surface area is 124 Å². The number of ether oxygens (including phenoxy) is 1. The van der Waals surface area contributed by atoms with E-state index in [-0.39, 0.29) is 17.9 Å². The van der Waals surface area contributed by atoms with E-state index >= 15 is 0 Å². The third kappa shape index (κ3) is 3.80. The minimum Gasteiger partial charge on any atom is -0.465 e. The molecule has 1 aromatic carbocycles. The van der Waals surface area contributed by atoms with E-state index in [4.69, 9.17) is 0 Å². The summed E-state index contributed by atoms with van der Waals surface area (Å²) in [6.45, 7) is 3.02. The fraction of sp³-hybridized carbons (Fsp3) is 0.467. The lowest BCUT2D eigenvalue weighted by Crippen LogP contribution is -2.56. The number of rotatable bonds is 4. The molecule has 6 nitrogen and oxygen atoms in total. The predicted octanol–water partition coefficient (Wildman–Crippen LogP) is -0.00700. The van der Waals surface area contributed by atoms with Crippen molar-refractivity contribution in [3.05, 3.63) is 35.4 Å². The molecule has 0 radical (unpaired) electrons. The van der Waals surface area contributed by atoms with Crippen molar-refractivity contribution in [1.82, 2.24) is 15.5 Å².